The molecule has 1 atom stereocenters. The lowest BCUT2D eigenvalue weighted by atomic mass is 9.99. The summed E-state index contributed by atoms with van der Waals surface area (Å²) in [6, 6.07) is 6.24. The summed E-state index contributed by atoms with van der Waals surface area (Å²) in [7, 11) is 0. The lowest BCUT2D eigenvalue weighted by Crippen LogP contribution is -2.43. The fraction of sp³-hybridized carbons (Fsp3) is 0.421. The Balaban J connectivity index is 1.84. The number of nitrogens with zero attached hydrogens (tertiary/aromatic N) is 3. The third-order valence-corrected chi connectivity index (χ3v) is 4.90. The zero-order valence-electron chi connectivity index (χ0n) is 14.9. The van der Waals surface area contributed by atoms with E-state index in [1.807, 2.05) is 11.8 Å². The van der Waals surface area contributed by atoms with Crippen LogP contribution in [0.3, 0.4) is 0 Å². The van der Waals surface area contributed by atoms with Crippen LogP contribution in [-0.2, 0) is 0 Å². The molecule has 0 aliphatic carbocycles. The number of amides is 1. The van der Waals surface area contributed by atoms with E-state index in [9.17, 15) is 9.18 Å². The Bertz CT molecular complexity index is 814. The molecule has 1 aromatic carbocycles. The van der Waals surface area contributed by atoms with Crippen LogP contribution in [0, 0.1) is 12.7 Å². The maximum Gasteiger partial charge on any atom is 0.272 e. The summed E-state index contributed by atoms with van der Waals surface area (Å²) >= 11 is 5.81. The Kier molecular flexibility index (Phi) is 5.71. The number of carbonyl (C=O) groups excluding carboxylic acids is 1. The van der Waals surface area contributed by atoms with Crippen LogP contribution in [0.5, 0.6) is 0 Å². The summed E-state index contributed by atoms with van der Waals surface area (Å²) in [6.45, 7) is 4.68. The molecule has 1 aliphatic rings. The van der Waals surface area contributed by atoms with Crippen molar-refractivity contribution in [2.45, 2.75) is 45.6 Å². The van der Waals surface area contributed by atoms with Gasteiger partial charge >= 0.3 is 0 Å². The second kappa shape index (κ2) is 7.99. The second-order valence-electron chi connectivity index (χ2n) is 6.53. The lowest BCUT2D eigenvalue weighted by Gasteiger charge is -2.35. The van der Waals surface area contributed by atoms with Crippen LogP contribution >= 0.6 is 11.6 Å². The largest absolute Gasteiger partial charge is 0.334 e. The summed E-state index contributed by atoms with van der Waals surface area (Å²) < 4.78 is 13.3. The van der Waals surface area contributed by atoms with Gasteiger partial charge in [0.1, 0.15) is 11.5 Å². The van der Waals surface area contributed by atoms with E-state index in [4.69, 9.17) is 11.6 Å². The molecule has 1 aromatic heterocycles. The molecular formula is C19H22ClFN4O. The SMILES string of the molecule is CCC1CCCCN1C(=O)c1cc(C)nc(Nc2ccc(F)c(Cl)c2)n1. The van der Waals surface area contributed by atoms with Crippen molar-refractivity contribution in [1.82, 2.24) is 14.9 Å². The summed E-state index contributed by atoms with van der Waals surface area (Å²) in [5, 5.41) is 3.00. The van der Waals surface area contributed by atoms with E-state index >= 15 is 0 Å². The van der Waals surface area contributed by atoms with Crippen molar-refractivity contribution >= 4 is 29.1 Å². The van der Waals surface area contributed by atoms with Gasteiger partial charge in [0.2, 0.25) is 5.95 Å². The van der Waals surface area contributed by atoms with E-state index in [0.717, 1.165) is 32.2 Å². The van der Waals surface area contributed by atoms with Gasteiger partial charge in [-0.3, -0.25) is 4.79 Å². The van der Waals surface area contributed by atoms with Crippen LogP contribution in [0.25, 0.3) is 0 Å². The predicted octanol–water partition coefficient (Wildman–Crippen LogP) is 4.73. The van der Waals surface area contributed by atoms with Gasteiger partial charge in [-0.15, -0.1) is 0 Å². The van der Waals surface area contributed by atoms with E-state index in [2.05, 4.69) is 22.2 Å². The highest BCUT2D eigenvalue weighted by atomic mass is 35.5. The van der Waals surface area contributed by atoms with Gasteiger partial charge in [0.15, 0.2) is 0 Å². The quantitative estimate of drug-likeness (QED) is 0.838. The number of piperidine rings is 1. The van der Waals surface area contributed by atoms with Crippen molar-refractivity contribution in [2.24, 2.45) is 0 Å². The van der Waals surface area contributed by atoms with Gasteiger partial charge in [-0.25, -0.2) is 14.4 Å². The highest BCUT2D eigenvalue weighted by molar-refractivity contribution is 6.31. The second-order valence-corrected chi connectivity index (χ2v) is 6.94. The van der Waals surface area contributed by atoms with Crippen molar-refractivity contribution in [2.75, 3.05) is 11.9 Å². The Morgan fingerprint density at radius 3 is 2.88 bits per heavy atom. The monoisotopic (exact) mass is 376 g/mol. The molecule has 138 valence electrons. The first-order valence-electron chi connectivity index (χ1n) is 8.86. The number of halogens is 2. The molecule has 26 heavy (non-hydrogen) atoms. The Morgan fingerprint density at radius 2 is 2.15 bits per heavy atom. The van der Waals surface area contributed by atoms with E-state index < -0.39 is 5.82 Å². The highest BCUT2D eigenvalue weighted by Crippen LogP contribution is 2.24. The number of carbonyl (C=O) groups is 1. The third kappa shape index (κ3) is 4.12. The van der Waals surface area contributed by atoms with Crippen molar-refractivity contribution < 1.29 is 9.18 Å². The average molecular weight is 377 g/mol. The zero-order valence-corrected chi connectivity index (χ0v) is 15.7. The van der Waals surface area contributed by atoms with Gasteiger partial charge in [0, 0.05) is 24.0 Å². The Labute approximate surface area is 157 Å². The van der Waals surface area contributed by atoms with Gasteiger partial charge < -0.3 is 10.2 Å². The predicted molar refractivity (Wildman–Crippen MR) is 100 cm³/mol. The van der Waals surface area contributed by atoms with Crippen LogP contribution in [-0.4, -0.2) is 33.4 Å². The Morgan fingerprint density at radius 1 is 1.35 bits per heavy atom. The number of aromatic nitrogens is 2. The number of aryl methyl sites for hydroxylation is 1. The number of rotatable bonds is 4. The summed E-state index contributed by atoms with van der Waals surface area (Å²) in [5.74, 6) is -0.266. The number of nitrogens with one attached hydrogen (secondary N) is 1. The molecular weight excluding hydrogens is 355 g/mol. The normalized spacial score (nSPS) is 17.2. The molecule has 0 spiro atoms. The first kappa shape index (κ1) is 18.6. The number of anilines is 2. The van der Waals surface area contributed by atoms with Crippen LogP contribution in [0.1, 0.15) is 48.8 Å². The molecule has 1 fully saturated rings. The molecule has 0 bridgehead atoms. The van der Waals surface area contributed by atoms with Crippen molar-refractivity contribution in [3.8, 4) is 0 Å². The number of hydrogen-bond acceptors (Lipinski definition) is 4. The van der Waals surface area contributed by atoms with E-state index in [1.165, 1.54) is 12.1 Å². The molecule has 7 heteroatoms. The minimum absolute atomic E-state index is 0.0121. The van der Waals surface area contributed by atoms with Gasteiger partial charge in [0.25, 0.3) is 5.91 Å². The fourth-order valence-corrected chi connectivity index (χ4v) is 3.46. The number of benzene rings is 1. The van der Waals surface area contributed by atoms with Crippen molar-refractivity contribution in [3.63, 3.8) is 0 Å². The standard InChI is InChI=1S/C19H22ClFN4O/c1-3-14-6-4-5-9-25(14)18(26)17-10-12(2)22-19(24-17)23-13-7-8-16(21)15(20)11-13/h7-8,10-11,14H,3-6,9H2,1-2H3,(H,22,23,24). The number of likely N-dealkylation sites (tertiary alicyclic amines) is 1. The van der Waals surface area contributed by atoms with Crippen LogP contribution < -0.4 is 5.32 Å². The Hall–Kier alpha value is -2.21. The molecule has 3 rings (SSSR count). The van der Waals surface area contributed by atoms with Gasteiger partial charge in [-0.1, -0.05) is 18.5 Å². The zero-order chi connectivity index (χ0) is 18.7. The van der Waals surface area contributed by atoms with Crippen LogP contribution in [0.4, 0.5) is 16.0 Å². The average Bonchev–Trinajstić information content (AvgIpc) is 2.63. The van der Waals surface area contributed by atoms with E-state index in [1.54, 1.807) is 12.1 Å². The maximum atomic E-state index is 13.3. The molecule has 1 saturated heterocycles. The lowest BCUT2D eigenvalue weighted by molar-refractivity contribution is 0.0602. The van der Waals surface area contributed by atoms with Gasteiger partial charge in [0.05, 0.1) is 5.02 Å². The minimum Gasteiger partial charge on any atom is -0.334 e. The molecule has 2 heterocycles. The molecule has 0 radical (unpaired) electrons. The summed E-state index contributed by atoms with van der Waals surface area (Å²) in [4.78, 5) is 23.6. The highest BCUT2D eigenvalue weighted by Gasteiger charge is 2.27. The molecule has 0 saturated carbocycles. The van der Waals surface area contributed by atoms with E-state index in [0.29, 0.717) is 23.0 Å². The maximum absolute atomic E-state index is 13.3. The van der Waals surface area contributed by atoms with Crippen LogP contribution in [0.2, 0.25) is 5.02 Å². The first-order chi connectivity index (χ1) is 12.5. The summed E-state index contributed by atoms with van der Waals surface area (Å²) in [6.07, 6.45) is 4.15. The molecule has 1 N–H and O–H groups in total. The smallest absolute Gasteiger partial charge is 0.272 e. The summed E-state index contributed by atoms with van der Waals surface area (Å²) in [5.41, 5.74) is 1.61. The minimum atomic E-state index is -0.492. The third-order valence-electron chi connectivity index (χ3n) is 4.61. The first-order valence-corrected chi connectivity index (χ1v) is 9.24. The molecule has 1 unspecified atom stereocenters. The van der Waals surface area contributed by atoms with Gasteiger partial charge in [-0.05, 0) is 56.9 Å². The molecule has 1 amide bonds. The fourth-order valence-electron chi connectivity index (χ4n) is 3.28. The van der Waals surface area contributed by atoms with Crippen molar-refractivity contribution in [3.05, 3.63) is 46.5 Å². The molecule has 1 aliphatic heterocycles. The molecule has 2 aromatic rings. The van der Waals surface area contributed by atoms with Gasteiger partial charge in [-0.2, -0.15) is 0 Å². The van der Waals surface area contributed by atoms with Crippen molar-refractivity contribution in [1.29, 1.82) is 0 Å². The number of hydrogen-bond donors (Lipinski definition) is 1. The van der Waals surface area contributed by atoms with Crippen LogP contribution in [0.15, 0.2) is 24.3 Å². The topological polar surface area (TPSA) is 58.1 Å². The van der Waals surface area contributed by atoms with E-state index in [-0.39, 0.29) is 17.0 Å². The molecule has 5 nitrogen and oxygen atoms in total.